The number of carboxylic acid groups (broad SMARTS) is 1. The van der Waals surface area contributed by atoms with Gasteiger partial charge in [0, 0.05) is 6.42 Å². The van der Waals surface area contributed by atoms with Gasteiger partial charge in [0.05, 0.1) is 17.0 Å². The predicted molar refractivity (Wildman–Crippen MR) is 136 cm³/mol. The Labute approximate surface area is 226 Å². The second-order valence-electron chi connectivity index (χ2n) is 8.04. The van der Waals surface area contributed by atoms with E-state index in [9.17, 15) is 39.0 Å². The average Bonchev–Trinajstić information content (AvgIpc) is 2.85. The first-order valence-corrected chi connectivity index (χ1v) is 12.6. The number of benzene rings is 1. The second kappa shape index (κ2) is 15.7. The first kappa shape index (κ1) is 31.7. The smallest absolute Gasteiger partial charge is 0.305 e. The van der Waals surface area contributed by atoms with Gasteiger partial charge in [-0.3, -0.25) is 34.0 Å². The van der Waals surface area contributed by atoms with Crippen molar-refractivity contribution in [1.29, 1.82) is 0 Å². The zero-order valence-electron chi connectivity index (χ0n) is 20.1. The van der Waals surface area contributed by atoms with Gasteiger partial charge in [0.25, 0.3) is 5.91 Å². The zero-order valence-corrected chi connectivity index (χ0v) is 22.2. The number of rotatable bonds is 14. The molecular formula is C22H30IN5O9. The number of hydrogen-bond donors (Lipinski definition) is 8. The Balaban J connectivity index is 3.15. The van der Waals surface area contributed by atoms with Gasteiger partial charge in [-0.2, -0.15) is 0 Å². The zero-order chi connectivity index (χ0) is 28.1. The Kier molecular flexibility index (Phi) is 13.5. The number of aliphatic carboxylic acids is 1. The third-order valence-electron chi connectivity index (χ3n) is 4.99. The van der Waals surface area contributed by atoms with Crippen LogP contribution in [0.3, 0.4) is 0 Å². The summed E-state index contributed by atoms with van der Waals surface area (Å²) in [5, 5.41) is 37.1. The van der Waals surface area contributed by atoms with Gasteiger partial charge in [0.2, 0.25) is 23.6 Å². The van der Waals surface area contributed by atoms with Gasteiger partial charge in [-0.15, -0.1) is 0 Å². The van der Waals surface area contributed by atoms with E-state index in [0.29, 0.717) is 5.56 Å². The number of hydroxylamine groups is 1. The van der Waals surface area contributed by atoms with Crippen molar-refractivity contribution >= 4 is 58.1 Å². The van der Waals surface area contributed by atoms with Crippen LogP contribution in [0.4, 0.5) is 0 Å². The van der Waals surface area contributed by atoms with Gasteiger partial charge in [0.15, 0.2) is 0 Å². The summed E-state index contributed by atoms with van der Waals surface area (Å²) >= 11 is 1.74. The number of aliphatic hydroxyl groups excluding tert-OH is 1. The van der Waals surface area contributed by atoms with Crippen molar-refractivity contribution in [3.05, 3.63) is 35.9 Å². The van der Waals surface area contributed by atoms with E-state index in [1.54, 1.807) is 52.9 Å². The van der Waals surface area contributed by atoms with Crippen LogP contribution in [0.25, 0.3) is 0 Å². The molecule has 8 N–H and O–H groups in total. The van der Waals surface area contributed by atoms with E-state index in [-0.39, 0.29) is 10.8 Å². The lowest BCUT2D eigenvalue weighted by Gasteiger charge is -2.26. The molecule has 0 saturated heterocycles. The molecule has 1 aromatic carbocycles. The highest BCUT2D eigenvalue weighted by Gasteiger charge is 2.33. The molecule has 37 heavy (non-hydrogen) atoms. The van der Waals surface area contributed by atoms with Crippen LogP contribution < -0.4 is 26.7 Å². The molecule has 0 radical (unpaired) electrons. The molecule has 0 heterocycles. The highest BCUT2D eigenvalue weighted by Crippen LogP contribution is 2.06. The molecule has 0 spiro atoms. The molecule has 0 unspecified atom stereocenters. The first-order chi connectivity index (χ1) is 17.4. The Morgan fingerprint density at radius 3 is 1.92 bits per heavy atom. The third kappa shape index (κ3) is 11.1. The number of amides is 5. The maximum atomic E-state index is 13.0. The summed E-state index contributed by atoms with van der Waals surface area (Å²) in [4.78, 5) is 73.3. The Morgan fingerprint density at radius 2 is 1.41 bits per heavy atom. The fourth-order valence-electron chi connectivity index (χ4n) is 3.07. The summed E-state index contributed by atoms with van der Waals surface area (Å²) in [6.45, 7) is 2.52. The van der Waals surface area contributed by atoms with Gasteiger partial charge < -0.3 is 31.5 Å². The summed E-state index contributed by atoms with van der Waals surface area (Å²) in [5.74, 6) is -5.77. The van der Waals surface area contributed by atoms with Gasteiger partial charge in [-0.1, -0.05) is 52.9 Å². The first-order valence-electron chi connectivity index (χ1n) is 11.0. The maximum absolute atomic E-state index is 13.0. The van der Waals surface area contributed by atoms with Crippen molar-refractivity contribution in [2.75, 3.05) is 4.43 Å². The van der Waals surface area contributed by atoms with Crippen molar-refractivity contribution in [2.24, 2.45) is 0 Å². The molecule has 0 aliphatic heterocycles. The van der Waals surface area contributed by atoms with Crippen LogP contribution >= 0.6 is 22.6 Å². The number of halogens is 1. The number of carboxylic acids is 1. The molecule has 0 saturated carbocycles. The molecule has 5 amide bonds. The van der Waals surface area contributed by atoms with Crippen LogP contribution in [0, 0.1) is 0 Å². The molecular weight excluding hydrogens is 605 g/mol. The number of carbonyl (C=O) groups is 6. The average molecular weight is 635 g/mol. The normalized spacial score (nSPS) is 14.6. The summed E-state index contributed by atoms with van der Waals surface area (Å²) in [7, 11) is 0. The Bertz CT molecular complexity index is 977. The minimum absolute atomic E-state index is 0.0176. The summed E-state index contributed by atoms with van der Waals surface area (Å²) < 4.78 is -0.0176. The standard InChI is InChI=1S/C22H30IN5O9/c1-11(19(33)28-37)24-20(34)14(8-13-6-4-3-5-7-13)25-21(35)15(9-17(31)32)26-22(36)18(12(2)29)27-16(30)10-23/h3-7,11-12,14-15,18,29,37H,8-10H2,1-2H3,(H,24,34)(H,25,35)(H,26,36)(H,27,30)(H,28,33)(H,31,32)/t11-,12+,14-,15-,18-/m0/s1. The Hall–Kier alpha value is -3.31. The van der Waals surface area contributed by atoms with Gasteiger partial charge >= 0.3 is 5.97 Å². The summed E-state index contributed by atoms with van der Waals surface area (Å²) in [5.41, 5.74) is 2.02. The molecule has 14 nitrogen and oxygen atoms in total. The third-order valence-corrected chi connectivity index (χ3v) is 5.69. The van der Waals surface area contributed by atoms with E-state index in [0.717, 1.165) is 0 Å². The fourth-order valence-corrected chi connectivity index (χ4v) is 3.29. The van der Waals surface area contributed by atoms with Crippen LogP contribution in [0.1, 0.15) is 25.8 Å². The molecule has 15 heteroatoms. The van der Waals surface area contributed by atoms with Crippen molar-refractivity contribution in [1.82, 2.24) is 26.7 Å². The SMILES string of the molecule is C[C@H](NC(=O)[C@H](Cc1ccccc1)NC(=O)[C@H](CC(=O)O)NC(=O)[C@@H](NC(=O)CI)[C@@H](C)O)C(=O)NO. The summed E-state index contributed by atoms with van der Waals surface area (Å²) in [6, 6.07) is 2.87. The summed E-state index contributed by atoms with van der Waals surface area (Å²) in [6.07, 6.45) is -2.29. The minimum atomic E-state index is -1.67. The van der Waals surface area contributed by atoms with Crippen LogP contribution in [0.15, 0.2) is 30.3 Å². The lowest BCUT2D eigenvalue weighted by atomic mass is 10.0. The molecule has 5 atom stereocenters. The predicted octanol–water partition coefficient (Wildman–Crippen LogP) is -2.02. The van der Waals surface area contributed by atoms with E-state index in [1.165, 1.54) is 19.3 Å². The second-order valence-corrected chi connectivity index (χ2v) is 8.80. The lowest BCUT2D eigenvalue weighted by Crippen LogP contribution is -2.60. The fraction of sp³-hybridized carbons (Fsp3) is 0.455. The highest BCUT2D eigenvalue weighted by atomic mass is 127. The van der Waals surface area contributed by atoms with Crippen LogP contribution in [-0.4, -0.2) is 85.6 Å². The minimum Gasteiger partial charge on any atom is -0.481 e. The van der Waals surface area contributed by atoms with E-state index in [4.69, 9.17) is 5.21 Å². The van der Waals surface area contributed by atoms with Crippen molar-refractivity contribution in [3.63, 3.8) is 0 Å². The largest absolute Gasteiger partial charge is 0.481 e. The van der Waals surface area contributed by atoms with Crippen molar-refractivity contribution in [3.8, 4) is 0 Å². The topological polar surface area (TPSA) is 223 Å². The van der Waals surface area contributed by atoms with E-state index in [2.05, 4.69) is 21.3 Å². The van der Waals surface area contributed by atoms with Crippen LogP contribution in [-0.2, 0) is 35.2 Å². The lowest BCUT2D eigenvalue weighted by molar-refractivity contribution is -0.142. The van der Waals surface area contributed by atoms with Gasteiger partial charge in [-0.05, 0) is 19.4 Å². The maximum Gasteiger partial charge on any atom is 0.305 e. The number of hydrogen-bond acceptors (Lipinski definition) is 8. The number of nitrogens with one attached hydrogen (secondary N) is 5. The van der Waals surface area contributed by atoms with E-state index < -0.39 is 72.2 Å². The van der Waals surface area contributed by atoms with Crippen molar-refractivity contribution < 1.29 is 44.2 Å². The molecule has 204 valence electrons. The van der Waals surface area contributed by atoms with Crippen LogP contribution in [0.5, 0.6) is 0 Å². The molecule has 0 aliphatic carbocycles. The molecule has 1 aromatic rings. The van der Waals surface area contributed by atoms with Crippen LogP contribution in [0.2, 0.25) is 0 Å². The van der Waals surface area contributed by atoms with E-state index >= 15 is 0 Å². The van der Waals surface area contributed by atoms with E-state index in [1.807, 2.05) is 0 Å². The number of aliphatic hydroxyl groups is 1. The molecule has 0 aromatic heterocycles. The molecule has 0 bridgehead atoms. The molecule has 0 aliphatic rings. The highest BCUT2D eigenvalue weighted by molar-refractivity contribution is 14.1. The van der Waals surface area contributed by atoms with Crippen molar-refractivity contribution in [2.45, 2.75) is 57.0 Å². The van der Waals surface area contributed by atoms with Gasteiger partial charge in [-0.25, -0.2) is 5.48 Å². The number of alkyl halides is 1. The Morgan fingerprint density at radius 1 is 0.838 bits per heavy atom. The number of carbonyl (C=O) groups excluding carboxylic acids is 5. The molecule has 0 fully saturated rings. The van der Waals surface area contributed by atoms with Gasteiger partial charge in [0.1, 0.15) is 24.2 Å². The molecule has 1 rings (SSSR count). The monoisotopic (exact) mass is 635 g/mol. The quantitative estimate of drug-likeness (QED) is 0.0489.